The van der Waals surface area contributed by atoms with Crippen LogP contribution in [0.15, 0.2) is 72.9 Å². The van der Waals surface area contributed by atoms with Crippen molar-refractivity contribution < 1.29 is 37.6 Å². The lowest BCUT2D eigenvalue weighted by Crippen LogP contribution is -2.29. The van der Waals surface area contributed by atoms with Gasteiger partial charge in [0.2, 0.25) is 0 Å². The van der Waals surface area contributed by atoms with Gasteiger partial charge in [-0.3, -0.25) is 18.6 Å². The van der Waals surface area contributed by atoms with Crippen LogP contribution in [-0.2, 0) is 32.7 Å². The standard InChI is InChI=1S/C45H78NO8P/c1-3-5-7-9-11-13-15-17-19-20-21-22-24-26-28-30-32-34-36-38-45(48)54-43(42-53-55(49,50)52-40-39-46)41-51-44(47)37-35-33-31-29-27-25-23-18-16-14-12-10-8-6-4-2/h11-14,17-19,21-23,26,28,43H,3-10,15-16,20,24-25,27,29-42,46H2,1-2H3,(H,49,50)/b13-11-,14-12-,19-17-,22-21-,23-18-,28-26-/t43-/m1/s1. The third kappa shape index (κ3) is 40.9. The Morgan fingerprint density at radius 1 is 0.545 bits per heavy atom. The van der Waals surface area contributed by atoms with Gasteiger partial charge in [-0.05, 0) is 89.9 Å². The number of hydrogen-bond donors (Lipinski definition) is 2. The molecule has 0 aromatic rings. The summed E-state index contributed by atoms with van der Waals surface area (Å²) < 4.78 is 32.7. The topological polar surface area (TPSA) is 134 Å². The number of rotatable bonds is 39. The molecular weight excluding hydrogens is 713 g/mol. The molecule has 0 fully saturated rings. The largest absolute Gasteiger partial charge is 0.472 e. The summed E-state index contributed by atoms with van der Waals surface area (Å²) in [5, 5.41) is 0. The van der Waals surface area contributed by atoms with Gasteiger partial charge in [-0.2, -0.15) is 0 Å². The van der Waals surface area contributed by atoms with Crippen LogP contribution in [0, 0.1) is 0 Å². The first-order valence-electron chi connectivity index (χ1n) is 21.4. The average molecular weight is 792 g/mol. The number of nitrogens with two attached hydrogens (primary N) is 1. The van der Waals surface area contributed by atoms with Crippen LogP contribution in [-0.4, -0.2) is 49.3 Å². The molecule has 55 heavy (non-hydrogen) atoms. The van der Waals surface area contributed by atoms with Crippen LogP contribution >= 0.6 is 7.82 Å². The van der Waals surface area contributed by atoms with Gasteiger partial charge in [-0.1, -0.05) is 138 Å². The summed E-state index contributed by atoms with van der Waals surface area (Å²) >= 11 is 0. The molecular formula is C45H78NO8P. The molecule has 0 rings (SSSR count). The van der Waals surface area contributed by atoms with Crippen LogP contribution in [0.2, 0.25) is 0 Å². The Hall–Kier alpha value is -2.55. The van der Waals surface area contributed by atoms with E-state index in [0.717, 1.165) is 77.0 Å². The molecule has 0 amide bonds. The Labute approximate surface area is 335 Å². The second kappa shape index (κ2) is 41.1. The fourth-order valence-corrected chi connectivity index (χ4v) is 6.12. The highest BCUT2D eigenvalue weighted by molar-refractivity contribution is 7.47. The van der Waals surface area contributed by atoms with Gasteiger partial charge in [0.1, 0.15) is 6.61 Å². The highest BCUT2D eigenvalue weighted by atomic mass is 31.2. The molecule has 0 aliphatic carbocycles. The number of phosphoric acid groups is 1. The second-order valence-corrected chi connectivity index (χ2v) is 15.3. The third-order valence-corrected chi connectivity index (χ3v) is 9.55. The van der Waals surface area contributed by atoms with E-state index >= 15 is 0 Å². The van der Waals surface area contributed by atoms with E-state index in [9.17, 15) is 19.0 Å². The number of carbonyl (C=O) groups is 2. The Morgan fingerprint density at radius 2 is 0.945 bits per heavy atom. The smallest absolute Gasteiger partial charge is 0.462 e. The predicted octanol–water partition coefficient (Wildman–Crippen LogP) is 12.3. The van der Waals surface area contributed by atoms with E-state index in [1.54, 1.807) is 0 Å². The van der Waals surface area contributed by atoms with E-state index in [1.165, 1.54) is 51.4 Å². The Bertz CT molecular complexity index is 1130. The lowest BCUT2D eigenvalue weighted by Gasteiger charge is -2.19. The summed E-state index contributed by atoms with van der Waals surface area (Å²) in [4.78, 5) is 34.8. The van der Waals surface area contributed by atoms with Crippen molar-refractivity contribution in [3.05, 3.63) is 72.9 Å². The van der Waals surface area contributed by atoms with Crippen molar-refractivity contribution in [1.82, 2.24) is 0 Å². The van der Waals surface area contributed by atoms with E-state index < -0.39 is 32.5 Å². The zero-order valence-corrected chi connectivity index (χ0v) is 35.5. The first kappa shape index (κ1) is 52.5. The van der Waals surface area contributed by atoms with Gasteiger partial charge in [0.15, 0.2) is 6.10 Å². The van der Waals surface area contributed by atoms with Gasteiger partial charge in [0, 0.05) is 19.4 Å². The molecule has 0 saturated heterocycles. The number of hydrogen-bond acceptors (Lipinski definition) is 8. The summed E-state index contributed by atoms with van der Waals surface area (Å²) in [6, 6.07) is 0. The van der Waals surface area contributed by atoms with Crippen molar-refractivity contribution in [1.29, 1.82) is 0 Å². The number of unbranched alkanes of at least 4 members (excludes halogenated alkanes) is 14. The molecule has 0 radical (unpaired) electrons. The maximum atomic E-state index is 12.6. The molecule has 0 aliphatic heterocycles. The van der Waals surface area contributed by atoms with Crippen LogP contribution in [0.4, 0.5) is 0 Å². The van der Waals surface area contributed by atoms with Gasteiger partial charge in [-0.25, -0.2) is 4.57 Å². The monoisotopic (exact) mass is 792 g/mol. The van der Waals surface area contributed by atoms with E-state index in [0.29, 0.717) is 12.8 Å². The number of esters is 2. The quantitative estimate of drug-likeness (QED) is 0.0270. The van der Waals surface area contributed by atoms with Crippen molar-refractivity contribution >= 4 is 19.8 Å². The summed E-state index contributed by atoms with van der Waals surface area (Å²) in [5.74, 6) is -0.887. The fraction of sp³-hybridized carbons (Fsp3) is 0.689. The van der Waals surface area contributed by atoms with E-state index in [2.05, 4.69) is 86.8 Å². The Balaban J connectivity index is 4.28. The SMILES string of the molecule is CCCCC/C=C\C/C=C\C/C=C\C/C=C\CCCCCC(=O)O[C@H](COC(=O)CCCCCCC/C=C\C/C=C\CCCCC)COP(=O)(O)OCCN. The molecule has 3 N–H and O–H groups in total. The number of carbonyl (C=O) groups excluding carboxylic acids is 2. The zero-order chi connectivity index (χ0) is 40.3. The predicted molar refractivity (Wildman–Crippen MR) is 229 cm³/mol. The van der Waals surface area contributed by atoms with Crippen molar-refractivity contribution in [3.63, 3.8) is 0 Å². The molecule has 1 unspecified atom stereocenters. The third-order valence-electron chi connectivity index (χ3n) is 8.56. The van der Waals surface area contributed by atoms with Crippen LogP contribution in [0.3, 0.4) is 0 Å². The first-order chi connectivity index (χ1) is 26.8. The van der Waals surface area contributed by atoms with Crippen LogP contribution in [0.1, 0.15) is 168 Å². The molecule has 0 aromatic carbocycles. The van der Waals surface area contributed by atoms with Gasteiger partial charge in [0.25, 0.3) is 0 Å². The molecule has 0 aliphatic rings. The van der Waals surface area contributed by atoms with Crippen LogP contribution in [0.25, 0.3) is 0 Å². The zero-order valence-electron chi connectivity index (χ0n) is 34.6. The second-order valence-electron chi connectivity index (χ2n) is 13.8. The molecule has 316 valence electrons. The Morgan fingerprint density at radius 3 is 1.42 bits per heavy atom. The normalized spacial score (nSPS) is 14.0. The Kier molecular flexibility index (Phi) is 39.2. The number of ether oxygens (including phenoxy) is 2. The lowest BCUT2D eigenvalue weighted by molar-refractivity contribution is -0.161. The highest BCUT2D eigenvalue weighted by Gasteiger charge is 2.25. The maximum absolute atomic E-state index is 12.6. The molecule has 0 heterocycles. The van der Waals surface area contributed by atoms with Crippen molar-refractivity contribution in [3.8, 4) is 0 Å². The minimum absolute atomic E-state index is 0.0422. The molecule has 9 nitrogen and oxygen atoms in total. The molecule has 0 bridgehead atoms. The summed E-state index contributed by atoms with van der Waals surface area (Å²) in [5.41, 5.74) is 5.34. The van der Waals surface area contributed by atoms with E-state index in [-0.39, 0.29) is 32.6 Å². The maximum Gasteiger partial charge on any atom is 0.472 e. The highest BCUT2D eigenvalue weighted by Crippen LogP contribution is 2.43. The lowest BCUT2D eigenvalue weighted by atomic mass is 10.1. The molecule has 2 atom stereocenters. The van der Waals surface area contributed by atoms with Crippen molar-refractivity contribution in [2.24, 2.45) is 5.73 Å². The fourth-order valence-electron chi connectivity index (χ4n) is 5.35. The van der Waals surface area contributed by atoms with Gasteiger partial charge >= 0.3 is 19.8 Å². The van der Waals surface area contributed by atoms with Crippen molar-refractivity contribution in [2.45, 2.75) is 174 Å². The summed E-state index contributed by atoms with van der Waals surface area (Å²) in [6.07, 6.45) is 49.3. The minimum atomic E-state index is -4.39. The molecule has 0 aromatic heterocycles. The number of allylic oxidation sites excluding steroid dienone is 12. The van der Waals surface area contributed by atoms with Gasteiger partial charge in [-0.15, -0.1) is 0 Å². The van der Waals surface area contributed by atoms with Gasteiger partial charge in [0.05, 0.1) is 13.2 Å². The van der Waals surface area contributed by atoms with E-state index in [1.807, 2.05) is 0 Å². The van der Waals surface area contributed by atoms with Crippen molar-refractivity contribution in [2.75, 3.05) is 26.4 Å². The molecule has 10 heteroatoms. The first-order valence-corrected chi connectivity index (χ1v) is 22.9. The summed E-state index contributed by atoms with van der Waals surface area (Å²) in [7, 11) is -4.39. The number of phosphoric ester groups is 1. The molecule has 0 spiro atoms. The van der Waals surface area contributed by atoms with Crippen LogP contribution < -0.4 is 5.73 Å². The summed E-state index contributed by atoms with van der Waals surface area (Å²) in [6.45, 7) is 3.60. The average Bonchev–Trinajstić information content (AvgIpc) is 3.17. The van der Waals surface area contributed by atoms with Crippen LogP contribution in [0.5, 0.6) is 0 Å². The molecule has 0 saturated carbocycles. The van der Waals surface area contributed by atoms with Gasteiger partial charge < -0.3 is 20.1 Å². The van der Waals surface area contributed by atoms with E-state index in [4.69, 9.17) is 24.3 Å². The minimum Gasteiger partial charge on any atom is -0.462 e.